The number of rotatable bonds is 14. The van der Waals surface area contributed by atoms with Crippen molar-refractivity contribution in [3.63, 3.8) is 0 Å². The molecule has 1 aliphatic carbocycles. The highest BCUT2D eigenvalue weighted by molar-refractivity contribution is 7.90. The van der Waals surface area contributed by atoms with Gasteiger partial charge in [-0.3, -0.25) is 19.2 Å². The molecule has 0 radical (unpaired) electrons. The number of hydrogen-bond acceptors (Lipinski definition) is 9. The molecule has 4 aromatic carbocycles. The van der Waals surface area contributed by atoms with Gasteiger partial charge >= 0.3 is 0 Å². The molecule has 4 amide bonds. The Kier molecular flexibility index (Phi) is 11.5. The lowest BCUT2D eigenvalue weighted by molar-refractivity contribution is -0.140. The maximum absolute atomic E-state index is 14.3. The number of alkyl halides is 1. The van der Waals surface area contributed by atoms with Gasteiger partial charge in [0, 0.05) is 35.4 Å². The number of methoxy groups -OCH3 is 1. The van der Waals surface area contributed by atoms with Crippen LogP contribution >= 0.6 is 11.6 Å². The fraction of sp³-hybridized carbons (Fsp3) is 0.233. The summed E-state index contributed by atoms with van der Waals surface area (Å²) in [6, 6.07) is 31.5. The molecule has 1 saturated carbocycles. The number of fused-ring (bicyclic) bond motifs is 1. The first kappa shape index (κ1) is 40.0. The second-order valence-electron chi connectivity index (χ2n) is 14.0. The van der Waals surface area contributed by atoms with Crippen molar-refractivity contribution in [3.05, 3.63) is 133 Å². The lowest BCUT2D eigenvalue weighted by Crippen LogP contribution is -2.57. The maximum atomic E-state index is 14.3. The Labute approximate surface area is 340 Å². The Morgan fingerprint density at radius 1 is 0.966 bits per heavy atom. The summed E-state index contributed by atoms with van der Waals surface area (Å²) >= 11 is 6.41. The van der Waals surface area contributed by atoms with Crippen LogP contribution < -0.4 is 24.8 Å². The van der Waals surface area contributed by atoms with E-state index in [0.717, 1.165) is 5.56 Å². The van der Waals surface area contributed by atoms with Crippen LogP contribution in [0.25, 0.3) is 22.2 Å². The third kappa shape index (κ3) is 8.38. The van der Waals surface area contributed by atoms with Crippen LogP contribution in [-0.2, 0) is 29.2 Å². The second-order valence-corrected chi connectivity index (χ2v) is 16.2. The van der Waals surface area contributed by atoms with Crippen molar-refractivity contribution >= 4 is 56.2 Å². The van der Waals surface area contributed by atoms with Crippen LogP contribution in [0.5, 0.6) is 11.5 Å². The van der Waals surface area contributed by atoms with Gasteiger partial charge < -0.3 is 25.0 Å². The number of nitrogens with one attached hydrogen (secondary N) is 3. The molecule has 1 saturated heterocycles. The molecular formula is C43H40ClN5O8S. The van der Waals surface area contributed by atoms with Gasteiger partial charge in [-0.1, -0.05) is 84.9 Å². The van der Waals surface area contributed by atoms with E-state index in [1.54, 1.807) is 61.7 Å². The molecule has 5 aromatic rings. The zero-order valence-corrected chi connectivity index (χ0v) is 32.9. The average Bonchev–Trinajstić information content (AvgIpc) is 3.81. The number of likely N-dealkylation sites (tertiary alicyclic amines) is 1. The number of nitrogens with zero attached hydrogens (tertiary/aromatic N) is 2. The topological polar surface area (TPSA) is 173 Å². The monoisotopic (exact) mass is 821 g/mol. The van der Waals surface area contributed by atoms with E-state index < -0.39 is 69.2 Å². The van der Waals surface area contributed by atoms with Crippen LogP contribution in [-0.4, -0.2) is 79.8 Å². The highest BCUT2D eigenvalue weighted by Gasteiger charge is 2.61. The molecule has 58 heavy (non-hydrogen) atoms. The zero-order chi connectivity index (χ0) is 41.0. The number of sulfonamides is 1. The van der Waals surface area contributed by atoms with E-state index in [1.165, 1.54) is 35.2 Å². The normalized spacial score (nSPS) is 20.4. The number of pyridine rings is 1. The van der Waals surface area contributed by atoms with Crippen molar-refractivity contribution in [1.29, 1.82) is 0 Å². The van der Waals surface area contributed by atoms with E-state index in [0.29, 0.717) is 33.7 Å². The molecule has 5 unspecified atom stereocenters. The Hall–Kier alpha value is -6.25. The van der Waals surface area contributed by atoms with E-state index in [1.807, 2.05) is 36.4 Å². The summed E-state index contributed by atoms with van der Waals surface area (Å²) in [5, 5.41) is 4.93. The number of carbonyl (C=O) groups excluding carboxylic acids is 4. The highest BCUT2D eigenvalue weighted by atomic mass is 35.5. The quantitative estimate of drug-likeness (QED) is 0.104. The molecule has 1 aliphatic heterocycles. The molecule has 298 valence electrons. The average molecular weight is 822 g/mol. The first-order valence-corrected chi connectivity index (χ1v) is 20.4. The fourth-order valence-electron chi connectivity index (χ4n) is 7.08. The molecule has 3 N–H and O–H groups in total. The number of aromatic nitrogens is 1. The van der Waals surface area contributed by atoms with Crippen molar-refractivity contribution in [2.24, 2.45) is 5.92 Å². The number of amides is 4. The van der Waals surface area contributed by atoms with Gasteiger partial charge in [0.1, 0.15) is 34.6 Å². The smallest absolute Gasteiger partial charge is 0.264 e. The molecule has 13 nitrogen and oxygen atoms in total. The van der Waals surface area contributed by atoms with E-state index in [-0.39, 0.29) is 24.3 Å². The minimum Gasteiger partial charge on any atom is -0.497 e. The third-order valence-electron chi connectivity index (χ3n) is 10.3. The molecular weight excluding hydrogens is 782 g/mol. The van der Waals surface area contributed by atoms with Crippen molar-refractivity contribution in [2.45, 2.75) is 40.8 Å². The van der Waals surface area contributed by atoms with Crippen LogP contribution in [0.3, 0.4) is 0 Å². The van der Waals surface area contributed by atoms with Crippen LogP contribution in [0.1, 0.15) is 23.8 Å². The fourth-order valence-corrected chi connectivity index (χ4v) is 8.36. The predicted molar refractivity (Wildman–Crippen MR) is 217 cm³/mol. The predicted octanol–water partition coefficient (Wildman–Crippen LogP) is 4.92. The van der Waals surface area contributed by atoms with E-state index >= 15 is 0 Å². The lowest BCUT2D eigenvalue weighted by atomic mass is 10.1. The Balaban J connectivity index is 1.16. The Morgan fingerprint density at radius 3 is 2.29 bits per heavy atom. The molecule has 1 aromatic heterocycles. The van der Waals surface area contributed by atoms with E-state index in [9.17, 15) is 27.6 Å². The van der Waals surface area contributed by atoms with Gasteiger partial charge in [0.2, 0.25) is 17.7 Å². The molecule has 7 rings (SSSR count). The minimum atomic E-state index is -4.28. The van der Waals surface area contributed by atoms with Crippen LogP contribution in [0.4, 0.5) is 0 Å². The zero-order valence-electron chi connectivity index (χ0n) is 31.3. The van der Waals surface area contributed by atoms with Gasteiger partial charge in [-0.25, -0.2) is 18.1 Å². The number of benzene rings is 4. The molecule has 0 bridgehead atoms. The number of carbonyl (C=O) groups is 4. The largest absolute Gasteiger partial charge is 0.497 e. The summed E-state index contributed by atoms with van der Waals surface area (Å²) < 4.78 is 40.4. The number of halogens is 1. The van der Waals surface area contributed by atoms with Crippen molar-refractivity contribution < 1.29 is 37.1 Å². The second kappa shape index (κ2) is 16.7. The summed E-state index contributed by atoms with van der Waals surface area (Å²) in [6.45, 7) is 3.22. The summed E-state index contributed by atoms with van der Waals surface area (Å²) in [5.74, 6) is -2.42. The SMILES string of the molecule is C=CC1CC1(NC(=O)C1CC(Oc2cc(-c3ccccc3)nc3cc(OC)ccc23)CN1C(=O)CNC(=O)C(Cl)c1ccccc1)C(=O)NS(=O)(=O)c1ccccc1. The number of hydrogen-bond donors (Lipinski definition) is 3. The van der Waals surface area contributed by atoms with Crippen molar-refractivity contribution in [1.82, 2.24) is 25.2 Å². The van der Waals surface area contributed by atoms with Gasteiger partial charge in [-0.15, -0.1) is 18.2 Å². The van der Waals surface area contributed by atoms with Gasteiger partial charge in [0.15, 0.2) is 0 Å². The summed E-state index contributed by atoms with van der Waals surface area (Å²) in [7, 11) is -2.72. The standard InChI is InChI=1S/C43H40ClN5O8S/c1-3-29-24-43(29,42(53)48-58(54,55)32-17-11-6-12-18-32)47-40(51)36-22-31(26-49(36)38(50)25-45-41(52)39(44)28-15-9-5-10-16-28)57-37-23-34(27-13-7-4-8-14-27)46-35-21-30(56-2)19-20-33(35)37/h3-21,23,29,31,36,39H,1,22,24-26H2,2H3,(H,45,52)(H,47,51)(H,48,53). The van der Waals surface area contributed by atoms with Crippen molar-refractivity contribution in [3.8, 4) is 22.8 Å². The van der Waals surface area contributed by atoms with Crippen LogP contribution in [0.15, 0.2) is 133 Å². The molecule has 2 fully saturated rings. The summed E-state index contributed by atoms with van der Waals surface area (Å²) in [4.78, 5) is 61.0. The van der Waals surface area contributed by atoms with Gasteiger partial charge in [-0.05, 0) is 36.2 Å². The molecule has 2 heterocycles. The highest BCUT2D eigenvalue weighted by Crippen LogP contribution is 2.45. The molecule has 15 heteroatoms. The third-order valence-corrected chi connectivity index (χ3v) is 12.1. The van der Waals surface area contributed by atoms with Crippen molar-refractivity contribution in [2.75, 3.05) is 20.2 Å². The molecule has 2 aliphatic rings. The van der Waals surface area contributed by atoms with Gasteiger partial charge in [-0.2, -0.15) is 0 Å². The maximum Gasteiger partial charge on any atom is 0.264 e. The molecule has 0 spiro atoms. The Bertz CT molecular complexity index is 2470. The first-order chi connectivity index (χ1) is 27.9. The summed E-state index contributed by atoms with van der Waals surface area (Å²) in [5.41, 5.74) is 0.943. The summed E-state index contributed by atoms with van der Waals surface area (Å²) in [6.07, 6.45) is 0.805. The van der Waals surface area contributed by atoms with E-state index in [2.05, 4.69) is 21.9 Å². The first-order valence-electron chi connectivity index (χ1n) is 18.5. The number of ether oxygens (including phenoxy) is 2. The molecule has 5 atom stereocenters. The minimum absolute atomic E-state index is 0.00687. The van der Waals surface area contributed by atoms with Crippen LogP contribution in [0, 0.1) is 5.92 Å². The van der Waals surface area contributed by atoms with Gasteiger partial charge in [0.25, 0.3) is 15.9 Å². The van der Waals surface area contributed by atoms with E-state index in [4.69, 9.17) is 26.1 Å². The van der Waals surface area contributed by atoms with Crippen LogP contribution in [0.2, 0.25) is 0 Å². The Morgan fingerprint density at radius 2 is 1.64 bits per heavy atom. The van der Waals surface area contributed by atoms with Gasteiger partial charge in [0.05, 0.1) is 36.3 Å². The lowest BCUT2D eigenvalue weighted by Gasteiger charge is -2.26.